The van der Waals surface area contributed by atoms with Crippen LogP contribution in [-0.4, -0.2) is 38.9 Å². The van der Waals surface area contributed by atoms with Crippen molar-refractivity contribution in [2.45, 2.75) is 36.6 Å². The molecular weight excluding hydrogens is 374 g/mol. The van der Waals surface area contributed by atoms with Crippen molar-refractivity contribution < 1.29 is 13.2 Å². The number of nitrogens with zero attached hydrogens (tertiary/aromatic N) is 1. The van der Waals surface area contributed by atoms with Gasteiger partial charge in [-0.05, 0) is 55.8 Å². The highest BCUT2D eigenvalue weighted by molar-refractivity contribution is 7.89. The summed E-state index contributed by atoms with van der Waals surface area (Å²) in [4.78, 5) is 15.0. The number of sulfonamides is 1. The van der Waals surface area contributed by atoms with E-state index in [1.54, 1.807) is 0 Å². The number of nitrogens with one attached hydrogen (secondary N) is 1. The molecule has 1 aliphatic rings. The average molecular weight is 402 g/mol. The number of hydrogen-bond donors (Lipinski definition) is 2. The zero-order chi connectivity index (χ0) is 20.0. The molecule has 1 fully saturated rings. The number of carbonyl (C=O) groups excluding carboxylic acids is 1. The molecule has 1 amide bonds. The maximum absolute atomic E-state index is 12.6. The van der Waals surface area contributed by atoms with Gasteiger partial charge in [-0.1, -0.05) is 43.2 Å². The van der Waals surface area contributed by atoms with E-state index in [1.165, 1.54) is 55.5 Å². The average Bonchev–Trinajstić information content (AvgIpc) is 2.98. The SMILES string of the molecule is NS(=O)(=O)c1ccc(C(=O)NCC(c2ccccc2)N2CCCCCC2)cc1. The van der Waals surface area contributed by atoms with Gasteiger partial charge in [-0.25, -0.2) is 13.6 Å². The smallest absolute Gasteiger partial charge is 0.251 e. The Kier molecular flexibility index (Phi) is 6.83. The van der Waals surface area contributed by atoms with Gasteiger partial charge in [-0.3, -0.25) is 9.69 Å². The molecule has 1 saturated heterocycles. The fourth-order valence-corrected chi connectivity index (χ4v) is 4.14. The topological polar surface area (TPSA) is 92.5 Å². The number of rotatable bonds is 6. The molecule has 6 nitrogen and oxygen atoms in total. The highest BCUT2D eigenvalue weighted by Gasteiger charge is 2.22. The summed E-state index contributed by atoms with van der Waals surface area (Å²) >= 11 is 0. The van der Waals surface area contributed by atoms with Crippen molar-refractivity contribution in [3.63, 3.8) is 0 Å². The lowest BCUT2D eigenvalue weighted by molar-refractivity contribution is 0.0933. The summed E-state index contributed by atoms with van der Waals surface area (Å²) in [7, 11) is -3.76. The monoisotopic (exact) mass is 401 g/mol. The van der Waals surface area contributed by atoms with Gasteiger partial charge < -0.3 is 5.32 Å². The third-order valence-electron chi connectivity index (χ3n) is 5.17. The van der Waals surface area contributed by atoms with E-state index in [0.717, 1.165) is 13.1 Å². The zero-order valence-corrected chi connectivity index (χ0v) is 16.7. The summed E-state index contributed by atoms with van der Waals surface area (Å²) < 4.78 is 22.7. The molecule has 1 aliphatic heterocycles. The van der Waals surface area contributed by atoms with Crippen LogP contribution in [0.2, 0.25) is 0 Å². The zero-order valence-electron chi connectivity index (χ0n) is 15.9. The summed E-state index contributed by atoms with van der Waals surface area (Å²) in [5.74, 6) is -0.225. The van der Waals surface area contributed by atoms with E-state index < -0.39 is 10.0 Å². The minimum absolute atomic E-state index is 0.00391. The second-order valence-corrected chi connectivity index (χ2v) is 8.72. The lowest BCUT2D eigenvalue weighted by atomic mass is 10.0. The summed E-state index contributed by atoms with van der Waals surface area (Å²) in [5, 5.41) is 8.12. The number of carbonyl (C=O) groups is 1. The van der Waals surface area contributed by atoms with Crippen LogP contribution in [0.1, 0.15) is 47.6 Å². The van der Waals surface area contributed by atoms with Gasteiger partial charge in [0.05, 0.1) is 10.9 Å². The number of nitrogens with two attached hydrogens (primary N) is 1. The van der Waals surface area contributed by atoms with Crippen LogP contribution >= 0.6 is 0 Å². The van der Waals surface area contributed by atoms with Crippen molar-refractivity contribution in [3.8, 4) is 0 Å². The molecule has 7 heteroatoms. The normalized spacial score (nSPS) is 16.9. The van der Waals surface area contributed by atoms with E-state index in [1.807, 2.05) is 18.2 Å². The third kappa shape index (κ3) is 5.41. The first-order chi connectivity index (χ1) is 13.4. The standard InChI is InChI=1S/C21H27N3O3S/c22-28(26,27)19-12-10-18(11-13-19)21(25)23-16-20(17-8-4-3-5-9-17)24-14-6-1-2-7-15-24/h3-5,8-13,20H,1-2,6-7,14-16H2,(H,23,25)(H2,22,26,27). The van der Waals surface area contributed by atoms with Gasteiger partial charge in [0.2, 0.25) is 10.0 Å². The van der Waals surface area contributed by atoms with Crippen molar-refractivity contribution in [1.82, 2.24) is 10.2 Å². The lowest BCUT2D eigenvalue weighted by Gasteiger charge is -2.31. The van der Waals surface area contributed by atoms with Crippen LogP contribution < -0.4 is 10.5 Å². The van der Waals surface area contributed by atoms with Crippen molar-refractivity contribution >= 4 is 15.9 Å². The van der Waals surface area contributed by atoms with Gasteiger partial charge in [-0.2, -0.15) is 0 Å². The van der Waals surface area contributed by atoms with Gasteiger partial charge in [0, 0.05) is 12.1 Å². The molecule has 0 saturated carbocycles. The van der Waals surface area contributed by atoms with E-state index in [0.29, 0.717) is 12.1 Å². The van der Waals surface area contributed by atoms with E-state index in [4.69, 9.17) is 5.14 Å². The molecule has 3 N–H and O–H groups in total. The first-order valence-electron chi connectivity index (χ1n) is 9.65. The molecule has 28 heavy (non-hydrogen) atoms. The van der Waals surface area contributed by atoms with Crippen LogP contribution in [0.15, 0.2) is 59.5 Å². The quantitative estimate of drug-likeness (QED) is 0.778. The van der Waals surface area contributed by atoms with Gasteiger partial charge in [0.15, 0.2) is 0 Å². The number of amides is 1. The largest absolute Gasteiger partial charge is 0.350 e. The molecule has 3 rings (SSSR count). The summed E-state index contributed by atoms with van der Waals surface area (Å²) in [5.41, 5.74) is 1.60. The molecule has 2 aromatic carbocycles. The van der Waals surface area contributed by atoms with Crippen molar-refractivity contribution in [2.75, 3.05) is 19.6 Å². The van der Waals surface area contributed by atoms with Gasteiger partial charge in [0.25, 0.3) is 5.91 Å². The minimum Gasteiger partial charge on any atom is -0.350 e. The Morgan fingerprint density at radius 2 is 1.57 bits per heavy atom. The Morgan fingerprint density at radius 1 is 0.964 bits per heavy atom. The van der Waals surface area contributed by atoms with Crippen molar-refractivity contribution in [3.05, 3.63) is 65.7 Å². The Balaban J connectivity index is 1.71. The van der Waals surface area contributed by atoms with Crippen molar-refractivity contribution in [2.24, 2.45) is 5.14 Å². The second kappa shape index (κ2) is 9.32. The molecule has 1 atom stereocenters. The molecule has 1 heterocycles. The van der Waals surface area contributed by atoms with Crippen LogP contribution in [0, 0.1) is 0 Å². The maximum Gasteiger partial charge on any atom is 0.251 e. The van der Waals surface area contributed by atoms with Crippen LogP contribution in [-0.2, 0) is 10.0 Å². The number of hydrogen-bond acceptors (Lipinski definition) is 4. The van der Waals surface area contributed by atoms with Crippen molar-refractivity contribution in [1.29, 1.82) is 0 Å². The first kappa shape index (κ1) is 20.5. The van der Waals surface area contributed by atoms with E-state index >= 15 is 0 Å². The molecule has 0 spiro atoms. The molecular formula is C21H27N3O3S. The highest BCUT2D eigenvalue weighted by atomic mass is 32.2. The van der Waals surface area contributed by atoms with Crippen LogP contribution in [0.25, 0.3) is 0 Å². The predicted molar refractivity (Wildman–Crippen MR) is 109 cm³/mol. The molecule has 0 radical (unpaired) electrons. The summed E-state index contributed by atoms with van der Waals surface area (Å²) in [6.07, 6.45) is 4.85. The molecule has 0 bridgehead atoms. The second-order valence-electron chi connectivity index (χ2n) is 7.16. The van der Waals surface area contributed by atoms with Crippen LogP contribution in [0.5, 0.6) is 0 Å². The molecule has 0 aliphatic carbocycles. The van der Waals surface area contributed by atoms with E-state index in [2.05, 4.69) is 22.3 Å². The first-order valence-corrected chi connectivity index (χ1v) is 11.2. The van der Waals surface area contributed by atoms with E-state index in [-0.39, 0.29) is 16.8 Å². The number of likely N-dealkylation sites (tertiary alicyclic amines) is 1. The molecule has 150 valence electrons. The predicted octanol–water partition coefficient (Wildman–Crippen LogP) is 2.68. The molecule has 2 aromatic rings. The maximum atomic E-state index is 12.6. The Morgan fingerprint density at radius 3 is 2.14 bits per heavy atom. The van der Waals surface area contributed by atoms with Gasteiger partial charge >= 0.3 is 0 Å². The summed E-state index contributed by atoms with van der Waals surface area (Å²) in [6, 6.07) is 16.0. The highest BCUT2D eigenvalue weighted by Crippen LogP contribution is 2.24. The minimum atomic E-state index is -3.76. The molecule has 1 unspecified atom stereocenters. The fourth-order valence-electron chi connectivity index (χ4n) is 3.63. The lowest BCUT2D eigenvalue weighted by Crippen LogP contribution is -2.38. The van der Waals surface area contributed by atoms with Crippen LogP contribution in [0.4, 0.5) is 0 Å². The van der Waals surface area contributed by atoms with E-state index in [9.17, 15) is 13.2 Å². The fraction of sp³-hybridized carbons (Fsp3) is 0.381. The number of benzene rings is 2. The summed E-state index contributed by atoms with van der Waals surface area (Å²) in [6.45, 7) is 2.55. The van der Waals surface area contributed by atoms with Gasteiger partial charge in [0.1, 0.15) is 0 Å². The Hall–Kier alpha value is -2.22. The number of primary sulfonamides is 1. The van der Waals surface area contributed by atoms with Crippen LogP contribution in [0.3, 0.4) is 0 Å². The third-order valence-corrected chi connectivity index (χ3v) is 6.10. The molecule has 0 aromatic heterocycles. The Bertz CT molecular complexity index is 875. The Labute approximate surface area is 166 Å². The van der Waals surface area contributed by atoms with Gasteiger partial charge in [-0.15, -0.1) is 0 Å².